The number of aromatic amines is 1. The first-order valence-electron chi connectivity index (χ1n) is 7.57. The molecule has 0 radical (unpaired) electrons. The third-order valence-electron chi connectivity index (χ3n) is 3.88. The molecule has 1 aromatic heterocycles. The van der Waals surface area contributed by atoms with E-state index >= 15 is 0 Å². The average Bonchev–Trinajstić information content (AvgIpc) is 2.98. The van der Waals surface area contributed by atoms with Gasteiger partial charge in [0.25, 0.3) is 0 Å². The largest absolute Gasteiger partial charge is 0.345 e. The molecule has 1 amide bonds. The van der Waals surface area contributed by atoms with Crippen LogP contribution in [-0.4, -0.2) is 26.8 Å². The van der Waals surface area contributed by atoms with E-state index in [-0.39, 0.29) is 17.2 Å². The molecule has 0 aliphatic carbocycles. The predicted molar refractivity (Wildman–Crippen MR) is 87.6 cm³/mol. The number of amides is 1. The number of benzene rings is 1. The van der Waals surface area contributed by atoms with E-state index in [4.69, 9.17) is 0 Å². The molecule has 0 saturated carbocycles. The second-order valence-corrected chi connectivity index (χ2v) is 6.66. The Morgan fingerprint density at radius 2 is 2.32 bits per heavy atom. The topological polar surface area (TPSA) is 70.7 Å². The maximum absolute atomic E-state index is 12.7. The Morgan fingerprint density at radius 1 is 1.50 bits per heavy atom. The number of thioether (sulfide) groups is 1. The number of carbonyl (C=O) groups is 1. The third kappa shape index (κ3) is 3.02. The van der Waals surface area contributed by atoms with Gasteiger partial charge in [-0.05, 0) is 36.6 Å². The number of aromatic nitrogens is 3. The minimum absolute atomic E-state index is 0.0476. The molecule has 1 aliphatic rings. The molecule has 6 heteroatoms. The average molecular weight is 316 g/mol. The summed E-state index contributed by atoms with van der Waals surface area (Å²) in [6.07, 6.45) is 1.80. The molecule has 1 aromatic carbocycles. The summed E-state index contributed by atoms with van der Waals surface area (Å²) in [5.74, 6) is 2.44. The standard InChI is InChI=1S/C16H20N4OS/c1-3-13(15-17-10(2)19-20-15)18-16(21)14-12-7-5-4-6-11(12)8-9-22-14/h4-7,13-14H,3,8-9H2,1-2H3,(H,18,21)(H,17,19,20)/t13-,14-/m1/s1. The lowest BCUT2D eigenvalue weighted by molar-refractivity contribution is -0.121. The van der Waals surface area contributed by atoms with Gasteiger partial charge >= 0.3 is 0 Å². The molecule has 116 valence electrons. The van der Waals surface area contributed by atoms with Gasteiger partial charge in [0, 0.05) is 0 Å². The molecule has 2 N–H and O–H groups in total. The highest BCUT2D eigenvalue weighted by molar-refractivity contribution is 8.00. The predicted octanol–water partition coefficient (Wildman–Crippen LogP) is 2.71. The van der Waals surface area contributed by atoms with Crippen LogP contribution in [0.25, 0.3) is 0 Å². The van der Waals surface area contributed by atoms with Crippen molar-refractivity contribution < 1.29 is 4.79 Å². The smallest absolute Gasteiger partial charge is 0.238 e. The number of rotatable bonds is 4. The lowest BCUT2D eigenvalue weighted by Gasteiger charge is -2.25. The monoisotopic (exact) mass is 316 g/mol. The van der Waals surface area contributed by atoms with Crippen LogP contribution >= 0.6 is 11.8 Å². The highest BCUT2D eigenvalue weighted by Crippen LogP contribution is 2.37. The molecule has 1 aliphatic heterocycles. The van der Waals surface area contributed by atoms with Crippen LogP contribution in [0.4, 0.5) is 0 Å². The van der Waals surface area contributed by atoms with Crippen molar-refractivity contribution in [3.05, 3.63) is 47.0 Å². The molecule has 22 heavy (non-hydrogen) atoms. The highest BCUT2D eigenvalue weighted by Gasteiger charge is 2.29. The fourth-order valence-corrected chi connectivity index (χ4v) is 3.93. The van der Waals surface area contributed by atoms with Crippen LogP contribution in [0.3, 0.4) is 0 Å². The van der Waals surface area contributed by atoms with Crippen molar-refractivity contribution in [3.8, 4) is 0 Å². The van der Waals surface area contributed by atoms with Crippen molar-refractivity contribution in [2.45, 2.75) is 38.0 Å². The third-order valence-corrected chi connectivity index (χ3v) is 5.12. The first-order valence-corrected chi connectivity index (χ1v) is 8.62. The molecule has 0 fully saturated rings. The summed E-state index contributed by atoms with van der Waals surface area (Å²) >= 11 is 1.71. The van der Waals surface area contributed by atoms with E-state index in [9.17, 15) is 4.79 Å². The Labute approximate surface area is 134 Å². The summed E-state index contributed by atoms with van der Waals surface area (Å²) in [6, 6.07) is 8.07. The number of carbonyl (C=O) groups excluding carboxylic acids is 1. The van der Waals surface area contributed by atoms with Crippen molar-refractivity contribution in [2.75, 3.05) is 5.75 Å². The van der Waals surface area contributed by atoms with E-state index in [1.165, 1.54) is 5.56 Å². The van der Waals surface area contributed by atoms with Crippen molar-refractivity contribution in [1.82, 2.24) is 20.5 Å². The molecule has 0 spiro atoms. The van der Waals surface area contributed by atoms with Gasteiger partial charge in [-0.15, -0.1) is 11.8 Å². The normalized spacial score (nSPS) is 18.5. The first-order chi connectivity index (χ1) is 10.7. The van der Waals surface area contributed by atoms with Crippen LogP contribution in [0.1, 0.15) is 47.4 Å². The van der Waals surface area contributed by atoms with Gasteiger partial charge in [-0.2, -0.15) is 5.10 Å². The zero-order valence-corrected chi connectivity index (χ0v) is 13.6. The van der Waals surface area contributed by atoms with Gasteiger partial charge in [-0.1, -0.05) is 31.2 Å². The lowest BCUT2D eigenvalue weighted by Crippen LogP contribution is -2.33. The minimum Gasteiger partial charge on any atom is -0.345 e. The van der Waals surface area contributed by atoms with Gasteiger partial charge in [-0.3, -0.25) is 9.89 Å². The molecular formula is C16H20N4OS. The summed E-state index contributed by atoms with van der Waals surface area (Å²) in [7, 11) is 0. The molecule has 2 atom stereocenters. The Hall–Kier alpha value is -1.82. The second kappa shape index (κ2) is 6.52. The Kier molecular flexibility index (Phi) is 4.47. The summed E-state index contributed by atoms with van der Waals surface area (Å²) in [5, 5.41) is 9.97. The van der Waals surface area contributed by atoms with E-state index in [0.717, 1.165) is 30.0 Å². The fourth-order valence-electron chi connectivity index (χ4n) is 2.72. The van der Waals surface area contributed by atoms with E-state index in [2.05, 4.69) is 32.6 Å². The molecule has 0 saturated heterocycles. The molecule has 2 aromatic rings. The van der Waals surface area contributed by atoms with E-state index in [0.29, 0.717) is 5.82 Å². The van der Waals surface area contributed by atoms with Gasteiger partial charge in [0.05, 0.1) is 6.04 Å². The number of hydrogen-bond donors (Lipinski definition) is 2. The minimum atomic E-state index is -0.146. The second-order valence-electron chi connectivity index (χ2n) is 5.45. The maximum Gasteiger partial charge on any atom is 0.238 e. The number of aryl methyl sites for hydroxylation is 2. The molecular weight excluding hydrogens is 296 g/mol. The van der Waals surface area contributed by atoms with Crippen LogP contribution < -0.4 is 5.32 Å². The van der Waals surface area contributed by atoms with Crippen LogP contribution in [0.2, 0.25) is 0 Å². The molecule has 2 heterocycles. The van der Waals surface area contributed by atoms with Crippen LogP contribution in [-0.2, 0) is 11.2 Å². The molecule has 0 bridgehead atoms. The summed E-state index contributed by atoms with van der Waals surface area (Å²) in [6.45, 7) is 3.89. The van der Waals surface area contributed by atoms with Crippen LogP contribution in [0.5, 0.6) is 0 Å². The van der Waals surface area contributed by atoms with Crippen molar-refractivity contribution >= 4 is 17.7 Å². The number of H-pyrrole nitrogens is 1. The SMILES string of the molecule is CC[C@@H](NC(=O)[C@@H]1SCCc2ccccc21)c1n[nH]c(C)n1. The maximum atomic E-state index is 12.7. The molecule has 0 unspecified atom stereocenters. The number of fused-ring (bicyclic) bond motifs is 1. The number of hydrogen-bond acceptors (Lipinski definition) is 4. The Morgan fingerprint density at radius 3 is 3.05 bits per heavy atom. The Balaban J connectivity index is 1.77. The Bertz CT molecular complexity index is 670. The fraction of sp³-hybridized carbons (Fsp3) is 0.438. The number of nitrogens with zero attached hydrogens (tertiary/aromatic N) is 2. The summed E-state index contributed by atoms with van der Waals surface area (Å²) in [4.78, 5) is 17.0. The highest BCUT2D eigenvalue weighted by atomic mass is 32.2. The summed E-state index contributed by atoms with van der Waals surface area (Å²) < 4.78 is 0. The van der Waals surface area contributed by atoms with Gasteiger partial charge in [0.15, 0.2) is 5.82 Å². The van der Waals surface area contributed by atoms with Crippen molar-refractivity contribution in [2.24, 2.45) is 0 Å². The van der Waals surface area contributed by atoms with E-state index in [1.54, 1.807) is 11.8 Å². The van der Waals surface area contributed by atoms with Crippen molar-refractivity contribution in [1.29, 1.82) is 0 Å². The van der Waals surface area contributed by atoms with Crippen molar-refractivity contribution in [3.63, 3.8) is 0 Å². The van der Waals surface area contributed by atoms with E-state index in [1.807, 2.05) is 26.0 Å². The lowest BCUT2D eigenvalue weighted by atomic mass is 10.0. The number of nitrogens with one attached hydrogen (secondary N) is 2. The van der Waals surface area contributed by atoms with Gasteiger partial charge in [0.1, 0.15) is 11.1 Å². The zero-order chi connectivity index (χ0) is 15.5. The van der Waals surface area contributed by atoms with Gasteiger partial charge < -0.3 is 5.32 Å². The summed E-state index contributed by atoms with van der Waals surface area (Å²) in [5.41, 5.74) is 2.42. The van der Waals surface area contributed by atoms with E-state index < -0.39 is 0 Å². The molecule has 3 rings (SSSR count). The van der Waals surface area contributed by atoms with Crippen LogP contribution in [0, 0.1) is 6.92 Å². The van der Waals surface area contributed by atoms with Crippen LogP contribution in [0.15, 0.2) is 24.3 Å². The quantitative estimate of drug-likeness (QED) is 0.910. The van der Waals surface area contributed by atoms with Gasteiger partial charge in [-0.25, -0.2) is 4.98 Å². The zero-order valence-electron chi connectivity index (χ0n) is 12.8. The molecule has 5 nitrogen and oxygen atoms in total. The van der Waals surface area contributed by atoms with Gasteiger partial charge in [0.2, 0.25) is 5.91 Å². The first kappa shape index (κ1) is 15.1.